The molecule has 0 amide bonds. The average molecular weight is 393 g/mol. The largest absolute Gasteiger partial charge is 0.356 e. The SMILES string of the molecule is Cc1cc(N2CCCC2)nc(N2CCN(c3nc(C)nc4c3cnn4C)CC2)n1. The molecule has 0 N–H and O–H groups in total. The molecule has 152 valence electrons. The summed E-state index contributed by atoms with van der Waals surface area (Å²) in [5.41, 5.74) is 1.91. The molecule has 0 aliphatic carbocycles. The number of aryl methyl sites for hydroxylation is 3. The first-order valence-corrected chi connectivity index (χ1v) is 10.4. The molecule has 2 aliphatic rings. The van der Waals surface area contributed by atoms with Gasteiger partial charge in [-0.3, -0.25) is 4.68 Å². The Morgan fingerprint density at radius 3 is 2.28 bits per heavy atom. The standard InChI is InChI=1S/C20H27N9/c1-14-12-17(27-6-4-5-7-27)25-20(22-14)29-10-8-28(9-11-29)19-16-13-21-26(3)18(16)23-15(2)24-19/h12-13H,4-11H2,1-3H3. The summed E-state index contributed by atoms with van der Waals surface area (Å²) >= 11 is 0. The van der Waals surface area contributed by atoms with Gasteiger partial charge in [0.1, 0.15) is 17.5 Å². The van der Waals surface area contributed by atoms with E-state index < -0.39 is 0 Å². The van der Waals surface area contributed by atoms with Crippen molar-refractivity contribution >= 4 is 28.6 Å². The summed E-state index contributed by atoms with van der Waals surface area (Å²) in [6, 6.07) is 2.11. The Kier molecular flexibility index (Phi) is 4.44. The molecule has 5 heterocycles. The minimum Gasteiger partial charge on any atom is -0.356 e. The average Bonchev–Trinajstić information content (AvgIpc) is 3.38. The Morgan fingerprint density at radius 1 is 0.793 bits per heavy atom. The van der Waals surface area contributed by atoms with Crippen LogP contribution in [0.1, 0.15) is 24.4 Å². The highest BCUT2D eigenvalue weighted by atomic mass is 15.4. The summed E-state index contributed by atoms with van der Waals surface area (Å²) in [4.78, 5) is 25.9. The smallest absolute Gasteiger partial charge is 0.227 e. The fraction of sp³-hybridized carbons (Fsp3) is 0.550. The van der Waals surface area contributed by atoms with E-state index in [0.717, 1.165) is 79.4 Å². The van der Waals surface area contributed by atoms with E-state index in [0.29, 0.717) is 0 Å². The summed E-state index contributed by atoms with van der Waals surface area (Å²) in [6.07, 6.45) is 4.36. The fourth-order valence-electron chi connectivity index (χ4n) is 4.26. The zero-order valence-corrected chi connectivity index (χ0v) is 17.3. The number of piperazine rings is 1. The number of anilines is 3. The van der Waals surface area contributed by atoms with Crippen LogP contribution < -0.4 is 14.7 Å². The second-order valence-electron chi connectivity index (χ2n) is 7.94. The number of nitrogens with zero attached hydrogens (tertiary/aromatic N) is 9. The van der Waals surface area contributed by atoms with Crippen LogP contribution >= 0.6 is 0 Å². The predicted octanol–water partition coefficient (Wildman–Crippen LogP) is 1.70. The molecule has 9 nitrogen and oxygen atoms in total. The van der Waals surface area contributed by atoms with Crippen LogP contribution in [0.15, 0.2) is 12.3 Å². The van der Waals surface area contributed by atoms with E-state index in [2.05, 4.69) is 37.8 Å². The maximum absolute atomic E-state index is 4.89. The van der Waals surface area contributed by atoms with Gasteiger partial charge in [0.05, 0.1) is 11.6 Å². The Labute approximate surface area is 170 Å². The quantitative estimate of drug-likeness (QED) is 0.665. The van der Waals surface area contributed by atoms with Gasteiger partial charge in [-0.05, 0) is 26.7 Å². The van der Waals surface area contributed by atoms with Crippen LogP contribution in [-0.4, -0.2) is 69.0 Å². The molecule has 29 heavy (non-hydrogen) atoms. The molecule has 3 aromatic heterocycles. The fourth-order valence-corrected chi connectivity index (χ4v) is 4.26. The van der Waals surface area contributed by atoms with Crippen molar-refractivity contribution in [3.63, 3.8) is 0 Å². The molecule has 2 fully saturated rings. The lowest BCUT2D eigenvalue weighted by Crippen LogP contribution is -2.47. The van der Waals surface area contributed by atoms with Crippen molar-refractivity contribution in [1.29, 1.82) is 0 Å². The van der Waals surface area contributed by atoms with E-state index in [1.807, 2.05) is 24.9 Å². The first-order valence-electron chi connectivity index (χ1n) is 10.4. The summed E-state index contributed by atoms with van der Waals surface area (Å²) in [7, 11) is 1.92. The molecule has 3 aromatic rings. The van der Waals surface area contributed by atoms with Crippen LogP contribution in [-0.2, 0) is 7.05 Å². The van der Waals surface area contributed by atoms with E-state index in [1.165, 1.54) is 12.8 Å². The lowest BCUT2D eigenvalue weighted by molar-refractivity contribution is 0.633. The van der Waals surface area contributed by atoms with Crippen molar-refractivity contribution in [1.82, 2.24) is 29.7 Å². The number of fused-ring (bicyclic) bond motifs is 1. The zero-order chi connectivity index (χ0) is 20.0. The molecule has 5 rings (SSSR count). The van der Waals surface area contributed by atoms with E-state index in [9.17, 15) is 0 Å². The number of aromatic nitrogens is 6. The van der Waals surface area contributed by atoms with Gasteiger partial charge in [0, 0.05) is 58.1 Å². The Morgan fingerprint density at radius 2 is 1.52 bits per heavy atom. The number of rotatable bonds is 3. The summed E-state index contributed by atoms with van der Waals surface area (Å²) in [5, 5.41) is 5.37. The van der Waals surface area contributed by atoms with E-state index >= 15 is 0 Å². The van der Waals surface area contributed by atoms with Crippen molar-refractivity contribution in [2.45, 2.75) is 26.7 Å². The highest BCUT2D eigenvalue weighted by Crippen LogP contribution is 2.26. The predicted molar refractivity (Wildman–Crippen MR) is 114 cm³/mol. The van der Waals surface area contributed by atoms with Crippen LogP contribution in [0.25, 0.3) is 11.0 Å². The molecule has 0 atom stereocenters. The molecule has 9 heteroatoms. The van der Waals surface area contributed by atoms with E-state index in [-0.39, 0.29) is 0 Å². The summed E-state index contributed by atoms with van der Waals surface area (Å²) in [5.74, 6) is 3.66. The Balaban J connectivity index is 1.36. The minimum atomic E-state index is 0.774. The van der Waals surface area contributed by atoms with Crippen molar-refractivity contribution in [2.24, 2.45) is 7.05 Å². The van der Waals surface area contributed by atoms with Gasteiger partial charge in [0.25, 0.3) is 0 Å². The molecule has 0 bridgehead atoms. The maximum atomic E-state index is 4.89. The summed E-state index contributed by atoms with van der Waals surface area (Å²) < 4.78 is 1.81. The molecule has 0 aromatic carbocycles. The van der Waals surface area contributed by atoms with Gasteiger partial charge >= 0.3 is 0 Å². The van der Waals surface area contributed by atoms with Crippen molar-refractivity contribution in [2.75, 3.05) is 54.0 Å². The van der Waals surface area contributed by atoms with Crippen LogP contribution in [0.2, 0.25) is 0 Å². The summed E-state index contributed by atoms with van der Waals surface area (Å²) in [6.45, 7) is 9.67. The lowest BCUT2D eigenvalue weighted by Gasteiger charge is -2.36. The Bertz CT molecular complexity index is 1030. The van der Waals surface area contributed by atoms with Crippen LogP contribution in [0.5, 0.6) is 0 Å². The van der Waals surface area contributed by atoms with Crippen LogP contribution in [0.3, 0.4) is 0 Å². The van der Waals surface area contributed by atoms with Gasteiger partial charge in [0.2, 0.25) is 5.95 Å². The molecule has 0 spiro atoms. The van der Waals surface area contributed by atoms with Gasteiger partial charge in [0.15, 0.2) is 5.65 Å². The zero-order valence-electron chi connectivity index (χ0n) is 17.3. The third kappa shape index (κ3) is 3.34. The van der Waals surface area contributed by atoms with Crippen molar-refractivity contribution < 1.29 is 0 Å². The van der Waals surface area contributed by atoms with Crippen LogP contribution in [0, 0.1) is 13.8 Å². The number of hydrogen-bond acceptors (Lipinski definition) is 8. The molecular formula is C20H27N9. The van der Waals surface area contributed by atoms with Gasteiger partial charge in [-0.1, -0.05) is 0 Å². The normalized spacial score (nSPS) is 17.6. The minimum absolute atomic E-state index is 0.774. The van der Waals surface area contributed by atoms with E-state index in [1.54, 1.807) is 0 Å². The molecular weight excluding hydrogens is 366 g/mol. The Hall–Kier alpha value is -2.97. The molecule has 2 aliphatic heterocycles. The second kappa shape index (κ2) is 7.13. The van der Waals surface area contributed by atoms with Crippen molar-refractivity contribution in [3.05, 3.63) is 23.8 Å². The highest BCUT2D eigenvalue weighted by molar-refractivity contribution is 5.87. The monoisotopic (exact) mass is 393 g/mol. The van der Waals surface area contributed by atoms with Gasteiger partial charge in [-0.15, -0.1) is 0 Å². The lowest BCUT2D eigenvalue weighted by atomic mass is 10.3. The third-order valence-corrected chi connectivity index (χ3v) is 5.80. The third-order valence-electron chi connectivity index (χ3n) is 5.80. The highest BCUT2D eigenvalue weighted by Gasteiger charge is 2.24. The molecule has 0 unspecified atom stereocenters. The van der Waals surface area contributed by atoms with Gasteiger partial charge in [-0.2, -0.15) is 10.1 Å². The van der Waals surface area contributed by atoms with Crippen LogP contribution in [0.4, 0.5) is 17.6 Å². The topological polar surface area (TPSA) is 79.1 Å². The van der Waals surface area contributed by atoms with Gasteiger partial charge < -0.3 is 14.7 Å². The first kappa shape index (κ1) is 18.1. The van der Waals surface area contributed by atoms with Crippen molar-refractivity contribution in [3.8, 4) is 0 Å². The molecule has 0 saturated carbocycles. The second-order valence-corrected chi connectivity index (χ2v) is 7.94. The number of hydrogen-bond donors (Lipinski definition) is 0. The first-order chi connectivity index (χ1) is 14.1. The molecule has 0 radical (unpaired) electrons. The maximum Gasteiger partial charge on any atom is 0.227 e. The van der Waals surface area contributed by atoms with E-state index in [4.69, 9.17) is 15.0 Å². The molecule has 2 saturated heterocycles. The van der Waals surface area contributed by atoms with Gasteiger partial charge in [-0.25, -0.2) is 15.0 Å².